The number of carbonyl (C=O) groups excluding carboxylic acids is 1. The fourth-order valence-corrected chi connectivity index (χ4v) is 1.33. The van der Waals surface area contributed by atoms with Crippen molar-refractivity contribution in [3.63, 3.8) is 0 Å². The molecular formula is C13H14FNO. The van der Waals surface area contributed by atoms with Crippen LogP contribution < -0.4 is 0 Å². The van der Waals surface area contributed by atoms with Crippen LogP contribution >= 0.6 is 0 Å². The van der Waals surface area contributed by atoms with Gasteiger partial charge in [0, 0.05) is 18.7 Å². The summed E-state index contributed by atoms with van der Waals surface area (Å²) in [5.41, 5.74) is 0.463. The number of benzene rings is 1. The zero-order valence-corrected chi connectivity index (χ0v) is 9.03. The smallest absolute Gasteiger partial charge is 0.254 e. The minimum absolute atomic E-state index is 0.153. The first-order chi connectivity index (χ1) is 7.69. The molecule has 0 aliphatic heterocycles. The van der Waals surface area contributed by atoms with Gasteiger partial charge in [-0.3, -0.25) is 4.79 Å². The molecule has 0 unspecified atom stereocenters. The molecule has 1 aromatic rings. The van der Waals surface area contributed by atoms with E-state index in [4.69, 9.17) is 0 Å². The van der Waals surface area contributed by atoms with Crippen molar-refractivity contribution in [1.29, 1.82) is 0 Å². The molecule has 0 bridgehead atoms. The highest BCUT2D eigenvalue weighted by molar-refractivity contribution is 5.94. The van der Waals surface area contributed by atoms with E-state index >= 15 is 0 Å². The molecule has 0 atom stereocenters. The molecule has 84 valence electrons. The standard InChI is InChI=1S/C13H14FNO/c1-3-9-15(10-4-2)13(16)11-5-7-12(14)8-6-11/h3-8H,1-2,9-10H2. The SMILES string of the molecule is C=CCN(CC=C)C(=O)c1ccc(F)cc1. The van der Waals surface area contributed by atoms with E-state index in [0.717, 1.165) is 0 Å². The van der Waals surface area contributed by atoms with Gasteiger partial charge in [0.25, 0.3) is 5.91 Å². The van der Waals surface area contributed by atoms with Gasteiger partial charge in [-0.15, -0.1) is 13.2 Å². The van der Waals surface area contributed by atoms with Crippen LogP contribution in [0.5, 0.6) is 0 Å². The highest BCUT2D eigenvalue weighted by Crippen LogP contribution is 2.07. The Hall–Kier alpha value is -1.90. The zero-order valence-electron chi connectivity index (χ0n) is 9.03. The fourth-order valence-electron chi connectivity index (χ4n) is 1.33. The van der Waals surface area contributed by atoms with Crippen molar-refractivity contribution < 1.29 is 9.18 Å². The number of nitrogens with zero attached hydrogens (tertiary/aromatic N) is 1. The van der Waals surface area contributed by atoms with Gasteiger partial charge in [-0.1, -0.05) is 12.2 Å². The summed E-state index contributed by atoms with van der Waals surface area (Å²) in [5.74, 6) is -0.504. The van der Waals surface area contributed by atoms with E-state index in [0.29, 0.717) is 18.7 Å². The summed E-state index contributed by atoms with van der Waals surface area (Å²) in [6, 6.07) is 5.48. The van der Waals surface area contributed by atoms with Gasteiger partial charge in [0.15, 0.2) is 0 Å². The van der Waals surface area contributed by atoms with Gasteiger partial charge in [-0.2, -0.15) is 0 Å². The van der Waals surface area contributed by atoms with Crippen LogP contribution in [-0.4, -0.2) is 23.9 Å². The van der Waals surface area contributed by atoms with Gasteiger partial charge >= 0.3 is 0 Å². The minimum Gasteiger partial charge on any atom is -0.331 e. The normalized spacial score (nSPS) is 9.56. The van der Waals surface area contributed by atoms with Crippen LogP contribution in [0, 0.1) is 5.82 Å². The molecule has 0 fully saturated rings. The van der Waals surface area contributed by atoms with Crippen LogP contribution in [0.4, 0.5) is 4.39 Å². The molecule has 2 nitrogen and oxygen atoms in total. The van der Waals surface area contributed by atoms with Crippen LogP contribution in [0.1, 0.15) is 10.4 Å². The Kier molecular flexibility index (Phi) is 4.45. The minimum atomic E-state index is -0.351. The molecule has 3 heteroatoms. The summed E-state index contributed by atoms with van der Waals surface area (Å²) in [5, 5.41) is 0. The second-order valence-electron chi connectivity index (χ2n) is 3.29. The molecule has 1 rings (SSSR count). The molecule has 0 saturated carbocycles. The summed E-state index contributed by atoms with van der Waals surface area (Å²) in [6.07, 6.45) is 3.29. The van der Waals surface area contributed by atoms with Crippen LogP contribution in [0.3, 0.4) is 0 Å². The number of rotatable bonds is 5. The highest BCUT2D eigenvalue weighted by atomic mass is 19.1. The van der Waals surface area contributed by atoms with Crippen molar-refractivity contribution in [3.8, 4) is 0 Å². The van der Waals surface area contributed by atoms with Crippen molar-refractivity contribution in [2.75, 3.05) is 13.1 Å². The first-order valence-electron chi connectivity index (χ1n) is 4.95. The average Bonchev–Trinajstić information content (AvgIpc) is 2.29. The van der Waals surface area contributed by atoms with Gasteiger partial charge in [-0.25, -0.2) is 4.39 Å². The molecule has 1 aromatic carbocycles. The first kappa shape index (κ1) is 12.2. The van der Waals surface area contributed by atoms with Crippen molar-refractivity contribution in [3.05, 3.63) is 61.0 Å². The molecule has 0 N–H and O–H groups in total. The van der Waals surface area contributed by atoms with E-state index in [9.17, 15) is 9.18 Å². The molecule has 0 aliphatic carbocycles. The van der Waals surface area contributed by atoms with Crippen LogP contribution in [0.2, 0.25) is 0 Å². The van der Waals surface area contributed by atoms with Gasteiger partial charge in [0.05, 0.1) is 0 Å². The number of hydrogen-bond donors (Lipinski definition) is 0. The third-order valence-corrected chi connectivity index (χ3v) is 2.08. The Balaban J connectivity index is 2.84. The lowest BCUT2D eigenvalue weighted by molar-refractivity contribution is 0.0791. The van der Waals surface area contributed by atoms with E-state index in [1.165, 1.54) is 24.3 Å². The average molecular weight is 219 g/mol. The van der Waals surface area contributed by atoms with Crippen molar-refractivity contribution in [2.24, 2.45) is 0 Å². The highest BCUT2D eigenvalue weighted by Gasteiger charge is 2.12. The quantitative estimate of drug-likeness (QED) is 0.697. The topological polar surface area (TPSA) is 20.3 Å². The summed E-state index contributed by atoms with van der Waals surface area (Å²) < 4.78 is 12.7. The number of halogens is 1. The summed E-state index contributed by atoms with van der Waals surface area (Å²) in [4.78, 5) is 13.5. The second-order valence-corrected chi connectivity index (χ2v) is 3.29. The van der Waals surface area contributed by atoms with E-state index in [1.807, 2.05) is 0 Å². The summed E-state index contributed by atoms with van der Waals surface area (Å²) in [6.45, 7) is 8.06. The van der Waals surface area contributed by atoms with Crippen LogP contribution in [-0.2, 0) is 0 Å². The Bertz CT molecular complexity index is 373. The summed E-state index contributed by atoms with van der Waals surface area (Å²) in [7, 11) is 0. The van der Waals surface area contributed by atoms with Gasteiger partial charge in [0.2, 0.25) is 0 Å². The maximum absolute atomic E-state index is 12.7. The van der Waals surface area contributed by atoms with Crippen molar-refractivity contribution >= 4 is 5.91 Å². The molecule has 0 aromatic heterocycles. The van der Waals surface area contributed by atoms with Gasteiger partial charge < -0.3 is 4.90 Å². The Morgan fingerprint density at radius 2 is 1.69 bits per heavy atom. The molecule has 1 amide bonds. The van der Waals surface area contributed by atoms with Crippen LogP contribution in [0.25, 0.3) is 0 Å². The molecule has 0 aliphatic rings. The lowest BCUT2D eigenvalue weighted by Crippen LogP contribution is -2.31. The van der Waals surface area contributed by atoms with E-state index < -0.39 is 0 Å². The maximum atomic E-state index is 12.7. The second kappa shape index (κ2) is 5.85. The fraction of sp³-hybridized carbons (Fsp3) is 0.154. The Morgan fingerprint density at radius 3 is 2.12 bits per heavy atom. The van der Waals surface area contributed by atoms with E-state index in [2.05, 4.69) is 13.2 Å². The zero-order chi connectivity index (χ0) is 12.0. The monoisotopic (exact) mass is 219 g/mol. The molecule has 0 heterocycles. The molecule has 0 saturated heterocycles. The lowest BCUT2D eigenvalue weighted by Gasteiger charge is -2.19. The molecule has 0 spiro atoms. The molecule has 0 radical (unpaired) electrons. The summed E-state index contributed by atoms with van der Waals surface area (Å²) >= 11 is 0. The molecule has 16 heavy (non-hydrogen) atoms. The van der Waals surface area contributed by atoms with Gasteiger partial charge in [-0.05, 0) is 24.3 Å². The molecular weight excluding hydrogens is 205 g/mol. The predicted octanol–water partition coefficient (Wildman–Crippen LogP) is 2.64. The third-order valence-electron chi connectivity index (χ3n) is 2.08. The van der Waals surface area contributed by atoms with E-state index in [-0.39, 0.29) is 11.7 Å². The third kappa shape index (κ3) is 3.05. The maximum Gasteiger partial charge on any atom is 0.254 e. The Labute approximate surface area is 94.7 Å². The van der Waals surface area contributed by atoms with E-state index in [1.54, 1.807) is 17.1 Å². The van der Waals surface area contributed by atoms with Crippen molar-refractivity contribution in [2.45, 2.75) is 0 Å². The first-order valence-corrected chi connectivity index (χ1v) is 4.95. The van der Waals surface area contributed by atoms with Crippen molar-refractivity contribution in [1.82, 2.24) is 4.90 Å². The largest absolute Gasteiger partial charge is 0.331 e. The predicted molar refractivity (Wildman–Crippen MR) is 62.7 cm³/mol. The van der Waals surface area contributed by atoms with Gasteiger partial charge in [0.1, 0.15) is 5.82 Å². The number of hydrogen-bond acceptors (Lipinski definition) is 1. The lowest BCUT2D eigenvalue weighted by atomic mass is 10.2. The Morgan fingerprint density at radius 1 is 1.19 bits per heavy atom. The number of amides is 1. The van der Waals surface area contributed by atoms with Crippen LogP contribution in [0.15, 0.2) is 49.6 Å². The number of carbonyl (C=O) groups is 1.